The number of likely N-dealkylation sites (tertiary alicyclic amines) is 1. The van der Waals surface area contributed by atoms with Crippen molar-refractivity contribution in [2.75, 3.05) is 54.5 Å². The second-order valence-electron chi connectivity index (χ2n) is 6.12. The van der Waals surface area contributed by atoms with Gasteiger partial charge in [-0.25, -0.2) is 0 Å². The molecule has 21 heavy (non-hydrogen) atoms. The highest BCUT2D eigenvalue weighted by molar-refractivity contribution is 5.42. The molecule has 0 aromatic heterocycles. The third-order valence-corrected chi connectivity index (χ3v) is 4.29. The molecule has 0 spiro atoms. The molecule has 1 aliphatic rings. The fourth-order valence-electron chi connectivity index (χ4n) is 3.06. The average molecular weight is 292 g/mol. The Morgan fingerprint density at radius 2 is 2.00 bits per heavy atom. The minimum Gasteiger partial charge on any atom is -0.493 e. The second kappa shape index (κ2) is 7.66. The number of nitrogens with zero attached hydrogens (tertiary/aromatic N) is 2. The van der Waals surface area contributed by atoms with Gasteiger partial charge in [0, 0.05) is 19.6 Å². The van der Waals surface area contributed by atoms with E-state index in [4.69, 9.17) is 9.47 Å². The quantitative estimate of drug-likeness (QED) is 0.768. The van der Waals surface area contributed by atoms with Gasteiger partial charge in [-0.3, -0.25) is 0 Å². The van der Waals surface area contributed by atoms with Gasteiger partial charge in [-0.1, -0.05) is 6.07 Å². The fraction of sp³-hybridized carbons (Fsp3) is 0.647. The largest absolute Gasteiger partial charge is 0.493 e. The predicted molar refractivity (Wildman–Crippen MR) is 86.4 cm³/mol. The Labute approximate surface area is 128 Å². The summed E-state index contributed by atoms with van der Waals surface area (Å²) in [5.74, 6) is 2.43. The number of benzene rings is 1. The number of methoxy groups -OCH3 is 2. The molecule has 4 nitrogen and oxygen atoms in total. The summed E-state index contributed by atoms with van der Waals surface area (Å²) in [5.41, 5.74) is 1.29. The van der Waals surface area contributed by atoms with Crippen molar-refractivity contribution in [3.63, 3.8) is 0 Å². The van der Waals surface area contributed by atoms with Crippen molar-refractivity contribution < 1.29 is 9.47 Å². The summed E-state index contributed by atoms with van der Waals surface area (Å²) >= 11 is 0. The van der Waals surface area contributed by atoms with Gasteiger partial charge in [0.2, 0.25) is 0 Å². The van der Waals surface area contributed by atoms with Crippen LogP contribution in [0.1, 0.15) is 12.0 Å². The van der Waals surface area contributed by atoms with Gasteiger partial charge in [0.05, 0.1) is 14.2 Å². The first-order valence-electron chi connectivity index (χ1n) is 7.70. The van der Waals surface area contributed by atoms with Crippen molar-refractivity contribution >= 4 is 0 Å². The van der Waals surface area contributed by atoms with E-state index in [0.717, 1.165) is 30.4 Å². The van der Waals surface area contributed by atoms with Gasteiger partial charge < -0.3 is 19.3 Å². The zero-order chi connectivity index (χ0) is 15.2. The molecule has 0 radical (unpaired) electrons. The molecule has 2 rings (SSSR count). The molecule has 1 fully saturated rings. The monoisotopic (exact) mass is 292 g/mol. The van der Waals surface area contributed by atoms with Crippen LogP contribution >= 0.6 is 0 Å². The van der Waals surface area contributed by atoms with E-state index in [1.807, 2.05) is 6.07 Å². The zero-order valence-corrected chi connectivity index (χ0v) is 13.8. The van der Waals surface area contributed by atoms with Crippen LogP contribution < -0.4 is 9.47 Å². The normalized spacial score (nSPS) is 19.2. The molecule has 1 aliphatic heterocycles. The molecular formula is C17H28N2O2. The van der Waals surface area contributed by atoms with E-state index in [9.17, 15) is 0 Å². The molecule has 1 aromatic rings. The number of hydrogen-bond donors (Lipinski definition) is 0. The molecule has 0 amide bonds. The summed E-state index contributed by atoms with van der Waals surface area (Å²) in [6.07, 6.45) is 2.37. The summed E-state index contributed by atoms with van der Waals surface area (Å²) in [4.78, 5) is 4.87. The lowest BCUT2D eigenvalue weighted by Gasteiger charge is -2.21. The van der Waals surface area contributed by atoms with Crippen LogP contribution in [0.4, 0.5) is 0 Å². The third kappa shape index (κ3) is 4.61. The average Bonchev–Trinajstić information content (AvgIpc) is 2.89. The predicted octanol–water partition coefficient (Wildman–Crippen LogP) is 2.13. The van der Waals surface area contributed by atoms with Crippen LogP contribution in [0.25, 0.3) is 0 Å². The first kappa shape index (κ1) is 16.1. The van der Waals surface area contributed by atoms with E-state index in [2.05, 4.69) is 36.0 Å². The second-order valence-corrected chi connectivity index (χ2v) is 6.12. The van der Waals surface area contributed by atoms with Gasteiger partial charge in [0.15, 0.2) is 11.5 Å². The van der Waals surface area contributed by atoms with E-state index in [1.54, 1.807) is 14.2 Å². The minimum absolute atomic E-state index is 0.795. The summed E-state index contributed by atoms with van der Waals surface area (Å²) < 4.78 is 10.6. The SMILES string of the molecule is COc1ccc(CCN(C)CC2CCN(C)C2)cc1OC. The lowest BCUT2D eigenvalue weighted by Crippen LogP contribution is -2.29. The molecular weight excluding hydrogens is 264 g/mol. The molecule has 1 heterocycles. The Hall–Kier alpha value is -1.26. The number of ether oxygens (including phenoxy) is 2. The van der Waals surface area contributed by atoms with Crippen molar-refractivity contribution in [1.82, 2.24) is 9.80 Å². The standard InChI is InChI=1S/C17H28N2O2/c1-18(12-15-8-10-19(2)13-15)9-7-14-5-6-16(20-3)17(11-14)21-4/h5-6,11,15H,7-10,12-13H2,1-4H3. The first-order chi connectivity index (χ1) is 10.1. The Balaban J connectivity index is 1.82. The molecule has 1 unspecified atom stereocenters. The molecule has 0 bridgehead atoms. The lowest BCUT2D eigenvalue weighted by atomic mass is 10.1. The number of hydrogen-bond acceptors (Lipinski definition) is 4. The fourth-order valence-corrected chi connectivity index (χ4v) is 3.06. The maximum Gasteiger partial charge on any atom is 0.160 e. The van der Waals surface area contributed by atoms with Gasteiger partial charge in [0.25, 0.3) is 0 Å². The van der Waals surface area contributed by atoms with Crippen molar-refractivity contribution in [2.45, 2.75) is 12.8 Å². The maximum absolute atomic E-state index is 5.36. The highest BCUT2D eigenvalue weighted by Crippen LogP contribution is 2.27. The molecule has 1 saturated heterocycles. The Bertz CT molecular complexity index is 450. The molecule has 1 atom stereocenters. The van der Waals surface area contributed by atoms with Gasteiger partial charge >= 0.3 is 0 Å². The van der Waals surface area contributed by atoms with Gasteiger partial charge in [-0.05, 0) is 57.1 Å². The Kier molecular flexibility index (Phi) is 5.88. The van der Waals surface area contributed by atoms with Crippen LogP contribution in [0, 0.1) is 5.92 Å². The van der Waals surface area contributed by atoms with Gasteiger partial charge in [0.1, 0.15) is 0 Å². The van der Waals surface area contributed by atoms with Crippen LogP contribution in [0.15, 0.2) is 18.2 Å². The molecule has 0 aliphatic carbocycles. The van der Waals surface area contributed by atoms with Gasteiger partial charge in [-0.2, -0.15) is 0 Å². The van der Waals surface area contributed by atoms with E-state index < -0.39 is 0 Å². The van der Waals surface area contributed by atoms with E-state index in [-0.39, 0.29) is 0 Å². The highest BCUT2D eigenvalue weighted by Gasteiger charge is 2.20. The van der Waals surface area contributed by atoms with Crippen LogP contribution in [-0.2, 0) is 6.42 Å². The lowest BCUT2D eigenvalue weighted by molar-refractivity contribution is 0.276. The van der Waals surface area contributed by atoms with Crippen LogP contribution in [0.5, 0.6) is 11.5 Å². The summed E-state index contributed by atoms with van der Waals surface area (Å²) in [6.45, 7) is 4.75. The molecule has 118 valence electrons. The molecule has 0 N–H and O–H groups in total. The van der Waals surface area contributed by atoms with E-state index >= 15 is 0 Å². The maximum atomic E-state index is 5.36. The number of rotatable bonds is 7. The third-order valence-electron chi connectivity index (χ3n) is 4.29. The highest BCUT2D eigenvalue weighted by atomic mass is 16.5. The van der Waals surface area contributed by atoms with E-state index in [0.29, 0.717) is 0 Å². The van der Waals surface area contributed by atoms with Crippen molar-refractivity contribution in [3.8, 4) is 11.5 Å². The van der Waals surface area contributed by atoms with Crippen LogP contribution in [-0.4, -0.2) is 64.3 Å². The summed E-state index contributed by atoms with van der Waals surface area (Å²) in [6, 6.07) is 6.19. The Morgan fingerprint density at radius 3 is 2.62 bits per heavy atom. The number of likely N-dealkylation sites (N-methyl/N-ethyl adjacent to an activating group) is 1. The first-order valence-corrected chi connectivity index (χ1v) is 7.70. The van der Waals surface area contributed by atoms with Crippen molar-refractivity contribution in [2.24, 2.45) is 5.92 Å². The summed E-state index contributed by atoms with van der Waals surface area (Å²) in [7, 11) is 7.79. The van der Waals surface area contributed by atoms with Crippen molar-refractivity contribution in [3.05, 3.63) is 23.8 Å². The molecule has 0 saturated carbocycles. The summed E-state index contributed by atoms with van der Waals surface area (Å²) in [5, 5.41) is 0. The Morgan fingerprint density at radius 1 is 1.24 bits per heavy atom. The smallest absolute Gasteiger partial charge is 0.160 e. The zero-order valence-electron chi connectivity index (χ0n) is 13.8. The topological polar surface area (TPSA) is 24.9 Å². The molecule has 1 aromatic carbocycles. The van der Waals surface area contributed by atoms with Gasteiger partial charge in [-0.15, -0.1) is 0 Å². The van der Waals surface area contributed by atoms with E-state index in [1.165, 1.54) is 31.6 Å². The van der Waals surface area contributed by atoms with Crippen LogP contribution in [0.2, 0.25) is 0 Å². The molecule has 4 heteroatoms. The van der Waals surface area contributed by atoms with Crippen LogP contribution in [0.3, 0.4) is 0 Å². The minimum atomic E-state index is 0.795. The van der Waals surface area contributed by atoms with Crippen molar-refractivity contribution in [1.29, 1.82) is 0 Å².